The minimum atomic E-state index is -0.658. The van der Waals surface area contributed by atoms with Crippen LogP contribution in [0.5, 0.6) is 5.75 Å². The third-order valence-electron chi connectivity index (χ3n) is 3.38. The molecule has 7 heteroatoms. The molecule has 0 amide bonds. The van der Waals surface area contributed by atoms with Gasteiger partial charge < -0.3 is 15.7 Å². The van der Waals surface area contributed by atoms with Crippen molar-refractivity contribution in [3.05, 3.63) is 64.7 Å². The topological polar surface area (TPSA) is 56.7 Å². The Balaban J connectivity index is 0.00000288. The van der Waals surface area contributed by atoms with Crippen LogP contribution in [-0.4, -0.2) is 18.1 Å². The van der Waals surface area contributed by atoms with Crippen molar-refractivity contribution in [2.45, 2.75) is 20.0 Å². The minimum absolute atomic E-state index is 0. The van der Waals surface area contributed by atoms with Gasteiger partial charge in [-0.1, -0.05) is 18.2 Å². The molecule has 0 bridgehead atoms. The largest absolute Gasteiger partial charge is 0.505 e. The summed E-state index contributed by atoms with van der Waals surface area (Å²) in [5, 5.41) is 15.3. The smallest absolute Gasteiger partial charge is 0.191 e. The minimum Gasteiger partial charge on any atom is -0.505 e. The first-order valence-electron chi connectivity index (χ1n) is 7.16. The van der Waals surface area contributed by atoms with Crippen LogP contribution in [0.4, 0.5) is 8.78 Å². The third-order valence-corrected chi connectivity index (χ3v) is 3.38. The maximum atomic E-state index is 13.3. The molecular formula is C17H20F2IN3O. The van der Waals surface area contributed by atoms with E-state index >= 15 is 0 Å². The molecule has 0 aliphatic heterocycles. The van der Waals surface area contributed by atoms with E-state index in [1.54, 1.807) is 32.2 Å². The molecule has 0 aliphatic carbocycles. The highest BCUT2D eigenvalue weighted by Gasteiger charge is 2.04. The Hall–Kier alpha value is -1.90. The van der Waals surface area contributed by atoms with Crippen LogP contribution in [0.1, 0.15) is 16.7 Å². The number of aryl methyl sites for hydroxylation is 1. The van der Waals surface area contributed by atoms with Gasteiger partial charge in [-0.2, -0.15) is 0 Å². The number of nitrogens with one attached hydrogen (secondary N) is 2. The molecule has 4 nitrogen and oxygen atoms in total. The Kier molecular flexibility index (Phi) is 7.90. The van der Waals surface area contributed by atoms with Crippen LogP contribution in [-0.2, 0) is 13.1 Å². The zero-order valence-corrected chi connectivity index (χ0v) is 15.8. The van der Waals surface area contributed by atoms with Crippen LogP contribution in [0.2, 0.25) is 0 Å². The first kappa shape index (κ1) is 20.1. The summed E-state index contributed by atoms with van der Waals surface area (Å²) in [6.07, 6.45) is 0. The van der Waals surface area contributed by atoms with Gasteiger partial charge in [0.15, 0.2) is 17.5 Å². The molecule has 0 aliphatic rings. The molecule has 0 heterocycles. The lowest BCUT2D eigenvalue weighted by atomic mass is 10.1. The van der Waals surface area contributed by atoms with Crippen molar-refractivity contribution < 1.29 is 13.9 Å². The number of aromatic hydroxyl groups is 1. The predicted octanol–water partition coefficient (Wildman–Crippen LogP) is 3.46. The number of aliphatic imine (C=N–C) groups is 1. The van der Waals surface area contributed by atoms with Gasteiger partial charge in [0.2, 0.25) is 0 Å². The quantitative estimate of drug-likeness (QED) is 0.383. The van der Waals surface area contributed by atoms with Gasteiger partial charge in [-0.15, -0.1) is 24.0 Å². The van der Waals surface area contributed by atoms with Crippen molar-refractivity contribution in [1.82, 2.24) is 10.6 Å². The summed E-state index contributed by atoms with van der Waals surface area (Å²) in [5.41, 5.74) is 2.20. The molecule has 2 aromatic rings. The average Bonchev–Trinajstić information content (AvgIpc) is 2.54. The third kappa shape index (κ3) is 5.63. The van der Waals surface area contributed by atoms with E-state index in [0.717, 1.165) is 5.56 Å². The molecule has 0 aromatic heterocycles. The first-order chi connectivity index (χ1) is 11.0. The van der Waals surface area contributed by atoms with Gasteiger partial charge in [0.25, 0.3) is 0 Å². The standard InChI is InChI=1S/C17H19F2N3O.HI/c1-11-7-12(3-5-14(11)18)9-21-17(20-2)22-10-13-4-6-16(23)15(19)8-13;/h3-8,23H,9-10H2,1-2H3,(H2,20,21,22);1H. The second-order valence-electron chi connectivity index (χ2n) is 5.15. The molecule has 0 saturated heterocycles. The summed E-state index contributed by atoms with van der Waals surface area (Å²) in [4.78, 5) is 4.08. The van der Waals surface area contributed by atoms with Crippen molar-refractivity contribution in [2.24, 2.45) is 4.99 Å². The van der Waals surface area contributed by atoms with E-state index in [0.29, 0.717) is 30.2 Å². The fourth-order valence-electron chi connectivity index (χ4n) is 2.07. The fourth-order valence-corrected chi connectivity index (χ4v) is 2.07. The van der Waals surface area contributed by atoms with E-state index in [4.69, 9.17) is 5.11 Å². The van der Waals surface area contributed by atoms with Crippen LogP contribution >= 0.6 is 24.0 Å². The molecule has 0 radical (unpaired) electrons. The Bertz CT molecular complexity index is 665. The van der Waals surface area contributed by atoms with Crippen molar-refractivity contribution in [2.75, 3.05) is 7.05 Å². The number of nitrogens with zero attached hydrogens (tertiary/aromatic N) is 1. The molecule has 130 valence electrons. The summed E-state index contributed by atoms with van der Waals surface area (Å²) in [6, 6.07) is 9.11. The lowest BCUT2D eigenvalue weighted by Gasteiger charge is -2.12. The second-order valence-corrected chi connectivity index (χ2v) is 5.15. The summed E-state index contributed by atoms with van der Waals surface area (Å²) in [7, 11) is 1.63. The molecule has 0 saturated carbocycles. The molecule has 0 atom stereocenters. The lowest BCUT2D eigenvalue weighted by molar-refractivity contribution is 0.431. The number of phenolic OH excluding ortho intramolecular Hbond substituents is 1. The molecule has 3 N–H and O–H groups in total. The van der Waals surface area contributed by atoms with Gasteiger partial charge in [-0.3, -0.25) is 4.99 Å². The molecule has 0 fully saturated rings. The molecular weight excluding hydrogens is 427 g/mol. The van der Waals surface area contributed by atoms with E-state index in [1.165, 1.54) is 18.2 Å². The zero-order chi connectivity index (χ0) is 16.8. The number of hydrogen-bond acceptors (Lipinski definition) is 2. The highest BCUT2D eigenvalue weighted by Crippen LogP contribution is 2.15. The van der Waals surface area contributed by atoms with E-state index < -0.39 is 5.82 Å². The van der Waals surface area contributed by atoms with E-state index in [2.05, 4.69) is 15.6 Å². The predicted molar refractivity (Wildman–Crippen MR) is 102 cm³/mol. The maximum Gasteiger partial charge on any atom is 0.191 e. The summed E-state index contributed by atoms with van der Waals surface area (Å²) in [6.45, 7) is 2.56. The Morgan fingerprint density at radius 3 is 2.12 bits per heavy atom. The first-order valence-corrected chi connectivity index (χ1v) is 7.16. The van der Waals surface area contributed by atoms with Crippen LogP contribution < -0.4 is 10.6 Å². The number of rotatable bonds is 4. The maximum absolute atomic E-state index is 13.3. The van der Waals surface area contributed by atoms with Gasteiger partial charge in [-0.05, 0) is 41.8 Å². The van der Waals surface area contributed by atoms with E-state index in [-0.39, 0.29) is 35.5 Å². The van der Waals surface area contributed by atoms with Gasteiger partial charge in [-0.25, -0.2) is 8.78 Å². The van der Waals surface area contributed by atoms with E-state index in [9.17, 15) is 8.78 Å². The van der Waals surface area contributed by atoms with Gasteiger partial charge >= 0.3 is 0 Å². The van der Waals surface area contributed by atoms with Crippen molar-refractivity contribution in [3.63, 3.8) is 0 Å². The molecule has 0 unspecified atom stereocenters. The SMILES string of the molecule is CN=C(NCc1ccc(F)c(C)c1)NCc1ccc(O)c(F)c1.I. The number of benzene rings is 2. The number of phenols is 1. The Morgan fingerprint density at radius 1 is 1.00 bits per heavy atom. The van der Waals surface area contributed by atoms with Crippen LogP contribution in [0.3, 0.4) is 0 Å². The zero-order valence-electron chi connectivity index (χ0n) is 13.4. The Morgan fingerprint density at radius 2 is 1.58 bits per heavy atom. The molecule has 24 heavy (non-hydrogen) atoms. The van der Waals surface area contributed by atoms with Gasteiger partial charge in [0, 0.05) is 20.1 Å². The van der Waals surface area contributed by atoms with E-state index in [1.807, 2.05) is 0 Å². The monoisotopic (exact) mass is 447 g/mol. The summed E-state index contributed by atoms with van der Waals surface area (Å²) < 4.78 is 26.5. The van der Waals surface area contributed by atoms with Crippen LogP contribution in [0.15, 0.2) is 41.4 Å². The van der Waals surface area contributed by atoms with Gasteiger partial charge in [0.1, 0.15) is 5.82 Å². The number of hydrogen-bond donors (Lipinski definition) is 3. The highest BCUT2D eigenvalue weighted by molar-refractivity contribution is 14.0. The summed E-state index contributed by atoms with van der Waals surface area (Å²) in [5.74, 6) is -0.719. The Labute approximate surface area is 157 Å². The molecule has 0 spiro atoms. The molecule has 2 rings (SSSR count). The lowest BCUT2D eigenvalue weighted by Crippen LogP contribution is -2.36. The van der Waals surface area contributed by atoms with Gasteiger partial charge in [0.05, 0.1) is 0 Å². The highest BCUT2D eigenvalue weighted by atomic mass is 127. The summed E-state index contributed by atoms with van der Waals surface area (Å²) >= 11 is 0. The van der Waals surface area contributed by atoms with Crippen LogP contribution in [0.25, 0.3) is 0 Å². The fraction of sp³-hybridized carbons (Fsp3) is 0.235. The van der Waals surface area contributed by atoms with Crippen molar-refractivity contribution in [1.29, 1.82) is 0 Å². The second kappa shape index (κ2) is 9.41. The average molecular weight is 447 g/mol. The number of halogens is 3. The van der Waals surface area contributed by atoms with Crippen molar-refractivity contribution >= 4 is 29.9 Å². The normalized spacial score (nSPS) is 10.9. The van der Waals surface area contributed by atoms with Crippen molar-refractivity contribution in [3.8, 4) is 5.75 Å². The van der Waals surface area contributed by atoms with Crippen LogP contribution in [0, 0.1) is 18.6 Å². The number of guanidine groups is 1. The molecule has 2 aromatic carbocycles.